The van der Waals surface area contributed by atoms with Crippen molar-refractivity contribution >= 4 is 17.5 Å². The van der Waals surface area contributed by atoms with Crippen LogP contribution in [0.5, 0.6) is 0 Å². The van der Waals surface area contributed by atoms with E-state index in [1.807, 2.05) is 6.07 Å². The van der Waals surface area contributed by atoms with E-state index >= 15 is 0 Å². The molecule has 0 fully saturated rings. The highest BCUT2D eigenvalue weighted by molar-refractivity contribution is 6.30. The fourth-order valence-corrected chi connectivity index (χ4v) is 1.93. The Labute approximate surface area is 123 Å². The van der Waals surface area contributed by atoms with Gasteiger partial charge in [0.15, 0.2) is 0 Å². The van der Waals surface area contributed by atoms with Crippen LogP contribution < -0.4 is 0 Å². The summed E-state index contributed by atoms with van der Waals surface area (Å²) in [6.45, 7) is 0.227. The summed E-state index contributed by atoms with van der Waals surface area (Å²) < 4.78 is 6.68. The molecule has 2 heterocycles. The van der Waals surface area contributed by atoms with E-state index in [0.717, 1.165) is 5.56 Å². The summed E-state index contributed by atoms with van der Waals surface area (Å²) in [5.41, 5.74) is 1.32. The molecule has 0 aliphatic heterocycles. The van der Waals surface area contributed by atoms with Crippen LogP contribution in [0.25, 0.3) is 11.5 Å². The van der Waals surface area contributed by atoms with Gasteiger partial charge in [-0.1, -0.05) is 22.7 Å². The molecule has 0 atom stereocenters. The molecule has 0 unspecified atom stereocenters. The van der Waals surface area contributed by atoms with E-state index in [0.29, 0.717) is 16.6 Å². The highest BCUT2D eigenvalue weighted by Gasteiger charge is 2.15. The summed E-state index contributed by atoms with van der Waals surface area (Å²) in [6.07, 6.45) is 2.73. The van der Waals surface area contributed by atoms with Crippen molar-refractivity contribution in [3.63, 3.8) is 0 Å². The van der Waals surface area contributed by atoms with Crippen LogP contribution >= 0.6 is 11.6 Å². The molecule has 3 rings (SSSR count). The van der Waals surface area contributed by atoms with Gasteiger partial charge in [0.05, 0.1) is 0 Å². The van der Waals surface area contributed by atoms with Gasteiger partial charge >= 0.3 is 5.95 Å². The summed E-state index contributed by atoms with van der Waals surface area (Å²) in [4.78, 5) is 17.7. The molecule has 9 heteroatoms. The van der Waals surface area contributed by atoms with Crippen LogP contribution in [0.15, 0.2) is 41.3 Å². The lowest BCUT2D eigenvalue weighted by Crippen LogP contribution is -2.01. The quantitative estimate of drug-likeness (QED) is 0.542. The first kappa shape index (κ1) is 13.3. The van der Waals surface area contributed by atoms with Crippen LogP contribution in [0.2, 0.25) is 5.02 Å². The van der Waals surface area contributed by atoms with E-state index in [9.17, 15) is 10.1 Å². The summed E-state index contributed by atoms with van der Waals surface area (Å²) in [5.74, 6) is -0.0318. The normalized spacial score (nSPS) is 10.7. The fraction of sp³-hybridized carbons (Fsp3) is 0.0833. The van der Waals surface area contributed by atoms with Gasteiger partial charge in [-0.25, -0.2) is 4.98 Å². The number of rotatable bonds is 4. The largest absolute Gasteiger partial charge is 0.490 e. The van der Waals surface area contributed by atoms with Gasteiger partial charge in [0, 0.05) is 15.7 Å². The van der Waals surface area contributed by atoms with Crippen LogP contribution in [0.3, 0.4) is 0 Å². The Hall–Kier alpha value is -2.74. The summed E-state index contributed by atoms with van der Waals surface area (Å²) >= 11 is 5.91. The number of hydrogen-bond donors (Lipinski definition) is 0. The highest BCUT2D eigenvalue weighted by Crippen LogP contribution is 2.22. The minimum Gasteiger partial charge on any atom is -0.444 e. The molecular weight excluding hydrogens is 298 g/mol. The second kappa shape index (κ2) is 5.33. The number of nitrogens with zero attached hydrogens (tertiary/aromatic N) is 5. The van der Waals surface area contributed by atoms with Crippen molar-refractivity contribution in [1.82, 2.24) is 19.7 Å². The predicted octanol–water partition coefficient (Wildman–Crippen LogP) is 2.54. The van der Waals surface area contributed by atoms with Crippen molar-refractivity contribution < 1.29 is 9.34 Å². The Morgan fingerprint density at radius 2 is 2.29 bits per heavy atom. The lowest BCUT2D eigenvalue weighted by molar-refractivity contribution is -0.394. The highest BCUT2D eigenvalue weighted by atomic mass is 35.5. The monoisotopic (exact) mass is 305 g/mol. The second-order valence-corrected chi connectivity index (χ2v) is 4.59. The molecule has 0 aliphatic carbocycles. The van der Waals surface area contributed by atoms with Gasteiger partial charge in [-0.05, 0) is 23.1 Å². The molecule has 0 saturated carbocycles. The third kappa shape index (κ3) is 2.90. The van der Waals surface area contributed by atoms with E-state index in [4.69, 9.17) is 16.0 Å². The van der Waals surface area contributed by atoms with Crippen LogP contribution in [0.1, 0.15) is 5.69 Å². The molecule has 0 bridgehead atoms. The molecule has 0 saturated heterocycles. The summed E-state index contributed by atoms with van der Waals surface area (Å²) in [5, 5.41) is 14.8. The van der Waals surface area contributed by atoms with Crippen LogP contribution in [0.4, 0.5) is 5.95 Å². The van der Waals surface area contributed by atoms with E-state index in [1.54, 1.807) is 18.2 Å². The molecule has 21 heavy (non-hydrogen) atoms. The third-order valence-electron chi connectivity index (χ3n) is 2.63. The molecule has 0 spiro atoms. The van der Waals surface area contributed by atoms with Gasteiger partial charge < -0.3 is 14.5 Å². The first-order valence-electron chi connectivity index (χ1n) is 5.86. The van der Waals surface area contributed by atoms with Crippen molar-refractivity contribution in [3.8, 4) is 11.5 Å². The number of hydrogen-bond acceptors (Lipinski definition) is 6. The molecule has 106 valence electrons. The standard InChI is InChI=1S/C12H8ClN5O3/c13-9-3-1-2-8(4-9)11-15-10(6-21-11)5-17-7-14-12(16-17)18(19)20/h1-4,6-7H,5H2. The predicted molar refractivity (Wildman–Crippen MR) is 72.7 cm³/mol. The molecule has 0 radical (unpaired) electrons. The van der Waals surface area contributed by atoms with Crippen LogP contribution in [-0.4, -0.2) is 24.7 Å². The Morgan fingerprint density at radius 3 is 3.00 bits per heavy atom. The average Bonchev–Trinajstić information content (AvgIpc) is 3.08. The van der Waals surface area contributed by atoms with Crippen molar-refractivity contribution in [1.29, 1.82) is 0 Å². The zero-order chi connectivity index (χ0) is 14.8. The topological polar surface area (TPSA) is 99.9 Å². The molecule has 3 aromatic rings. The number of oxazole rings is 1. The maximum Gasteiger partial charge on any atom is 0.490 e. The SMILES string of the molecule is O=[N+]([O-])c1ncn(Cc2coc(-c3cccc(Cl)c3)n2)n1. The first-order chi connectivity index (χ1) is 10.1. The maximum atomic E-state index is 10.5. The van der Waals surface area contributed by atoms with Crippen molar-refractivity contribution in [2.24, 2.45) is 0 Å². The summed E-state index contributed by atoms with van der Waals surface area (Å²) in [7, 11) is 0. The van der Waals surface area contributed by atoms with Gasteiger partial charge in [-0.2, -0.15) is 4.68 Å². The third-order valence-corrected chi connectivity index (χ3v) is 2.87. The minimum absolute atomic E-state index is 0.227. The van der Waals surface area contributed by atoms with Crippen molar-refractivity contribution in [3.05, 3.63) is 57.7 Å². The molecular formula is C12H8ClN5O3. The number of halogens is 1. The zero-order valence-electron chi connectivity index (χ0n) is 10.5. The van der Waals surface area contributed by atoms with Crippen molar-refractivity contribution in [2.75, 3.05) is 0 Å². The lowest BCUT2D eigenvalue weighted by Gasteiger charge is -1.95. The Morgan fingerprint density at radius 1 is 1.43 bits per heavy atom. The molecule has 2 aromatic heterocycles. The molecule has 8 nitrogen and oxygen atoms in total. The van der Waals surface area contributed by atoms with E-state index < -0.39 is 10.9 Å². The van der Waals surface area contributed by atoms with Gasteiger partial charge in [0.2, 0.25) is 12.2 Å². The zero-order valence-corrected chi connectivity index (χ0v) is 11.3. The van der Waals surface area contributed by atoms with Crippen LogP contribution in [0, 0.1) is 10.1 Å². The van der Waals surface area contributed by atoms with E-state index in [-0.39, 0.29) is 6.54 Å². The van der Waals surface area contributed by atoms with Gasteiger partial charge in [0.1, 0.15) is 18.5 Å². The second-order valence-electron chi connectivity index (χ2n) is 4.15. The van der Waals surface area contributed by atoms with Gasteiger partial charge in [-0.3, -0.25) is 0 Å². The molecule has 0 aliphatic rings. The molecule has 1 aromatic carbocycles. The average molecular weight is 306 g/mol. The fourth-order valence-electron chi connectivity index (χ4n) is 1.74. The number of nitro groups is 1. The van der Waals surface area contributed by atoms with E-state index in [1.165, 1.54) is 17.3 Å². The summed E-state index contributed by atoms with van der Waals surface area (Å²) in [6, 6.07) is 7.10. The molecule has 0 N–H and O–H groups in total. The number of aromatic nitrogens is 4. The number of benzene rings is 1. The Balaban J connectivity index is 1.80. The lowest BCUT2D eigenvalue weighted by atomic mass is 10.2. The minimum atomic E-state index is -0.656. The van der Waals surface area contributed by atoms with Gasteiger partial charge in [-0.15, -0.1) is 0 Å². The maximum absolute atomic E-state index is 10.5. The Kier molecular flexibility index (Phi) is 3.36. The van der Waals surface area contributed by atoms with Crippen LogP contribution in [-0.2, 0) is 6.54 Å². The van der Waals surface area contributed by atoms with E-state index in [2.05, 4.69) is 15.1 Å². The van der Waals surface area contributed by atoms with Gasteiger partial charge in [0.25, 0.3) is 0 Å². The Bertz CT molecular complexity index is 798. The molecule has 0 amide bonds. The smallest absolute Gasteiger partial charge is 0.444 e. The van der Waals surface area contributed by atoms with Crippen molar-refractivity contribution in [2.45, 2.75) is 6.54 Å². The first-order valence-corrected chi connectivity index (χ1v) is 6.24.